The summed E-state index contributed by atoms with van der Waals surface area (Å²) in [6, 6.07) is 11.5. The minimum Gasteiger partial charge on any atom is -0.493 e. The van der Waals surface area contributed by atoms with Crippen LogP contribution in [0.5, 0.6) is 17.2 Å². The van der Waals surface area contributed by atoms with Crippen molar-refractivity contribution < 1.29 is 24.4 Å². The number of β-amino-alcohol motifs (C(OH)–C–C–N with tert-alkyl or cyclic N) is 1. The SMILES string of the molecule is COc1ccc([C@@H](O)CN2CCC3(CC2)C[C@@H](O)c2cc(C)ccc2O3)cc1OC. The van der Waals surface area contributed by atoms with E-state index in [1.54, 1.807) is 14.2 Å². The first-order chi connectivity index (χ1) is 14.4. The Balaban J connectivity index is 1.39. The van der Waals surface area contributed by atoms with Gasteiger partial charge in [-0.3, -0.25) is 0 Å². The van der Waals surface area contributed by atoms with E-state index in [4.69, 9.17) is 14.2 Å². The fourth-order valence-corrected chi connectivity index (χ4v) is 4.62. The molecule has 2 N–H and O–H groups in total. The third kappa shape index (κ3) is 4.13. The third-order valence-corrected chi connectivity index (χ3v) is 6.41. The molecule has 4 rings (SSSR count). The van der Waals surface area contributed by atoms with Crippen molar-refractivity contribution in [1.29, 1.82) is 0 Å². The molecule has 0 amide bonds. The summed E-state index contributed by atoms with van der Waals surface area (Å²) in [6.45, 7) is 4.21. The molecule has 0 aliphatic carbocycles. The molecule has 0 radical (unpaired) electrons. The van der Waals surface area contributed by atoms with Gasteiger partial charge in [-0.15, -0.1) is 0 Å². The molecule has 0 aromatic heterocycles. The number of hydrogen-bond donors (Lipinski definition) is 2. The number of hydrogen-bond acceptors (Lipinski definition) is 6. The molecule has 1 fully saturated rings. The van der Waals surface area contributed by atoms with Crippen molar-refractivity contribution in [3.63, 3.8) is 0 Å². The van der Waals surface area contributed by atoms with Crippen LogP contribution in [0.3, 0.4) is 0 Å². The molecule has 2 aromatic carbocycles. The molecule has 6 heteroatoms. The average molecular weight is 414 g/mol. The molecule has 2 aliphatic rings. The Morgan fingerprint density at radius 3 is 2.53 bits per heavy atom. The molecule has 0 unspecified atom stereocenters. The summed E-state index contributed by atoms with van der Waals surface area (Å²) in [5, 5.41) is 21.4. The van der Waals surface area contributed by atoms with E-state index >= 15 is 0 Å². The summed E-state index contributed by atoms with van der Waals surface area (Å²) in [6.07, 6.45) is 1.18. The van der Waals surface area contributed by atoms with Crippen LogP contribution in [0.15, 0.2) is 36.4 Å². The van der Waals surface area contributed by atoms with Crippen LogP contribution in [-0.2, 0) is 0 Å². The highest BCUT2D eigenvalue weighted by Gasteiger charge is 2.43. The highest BCUT2D eigenvalue weighted by Crippen LogP contribution is 2.44. The highest BCUT2D eigenvalue weighted by atomic mass is 16.5. The second-order valence-electron chi connectivity index (χ2n) is 8.48. The number of benzene rings is 2. The number of rotatable bonds is 5. The minimum absolute atomic E-state index is 0.327. The molecule has 2 aromatic rings. The largest absolute Gasteiger partial charge is 0.493 e. The Morgan fingerprint density at radius 1 is 1.10 bits per heavy atom. The Hall–Kier alpha value is -2.28. The quantitative estimate of drug-likeness (QED) is 0.783. The third-order valence-electron chi connectivity index (χ3n) is 6.41. The molecule has 0 saturated carbocycles. The zero-order valence-corrected chi connectivity index (χ0v) is 17.9. The lowest BCUT2D eigenvalue weighted by atomic mass is 9.81. The van der Waals surface area contributed by atoms with E-state index in [1.165, 1.54) is 0 Å². The number of aliphatic hydroxyl groups excluding tert-OH is 2. The summed E-state index contributed by atoms with van der Waals surface area (Å²) >= 11 is 0. The summed E-state index contributed by atoms with van der Waals surface area (Å²) in [5.41, 5.74) is 2.51. The van der Waals surface area contributed by atoms with Gasteiger partial charge in [-0.2, -0.15) is 0 Å². The highest BCUT2D eigenvalue weighted by molar-refractivity contribution is 5.43. The first-order valence-corrected chi connectivity index (χ1v) is 10.5. The summed E-state index contributed by atoms with van der Waals surface area (Å²) in [7, 11) is 3.19. The molecule has 30 heavy (non-hydrogen) atoms. The van der Waals surface area contributed by atoms with E-state index in [-0.39, 0.29) is 5.60 Å². The second kappa shape index (κ2) is 8.46. The standard InChI is InChI=1S/C24H31NO5/c1-16-4-6-21-18(12-16)19(26)14-24(30-21)8-10-25(11-9-24)15-20(27)17-5-7-22(28-2)23(13-17)29-3/h4-7,12-13,19-20,26-27H,8-11,14-15H2,1-3H3/t19-,20+/m1/s1. The topological polar surface area (TPSA) is 71.4 Å². The predicted molar refractivity (Wildman–Crippen MR) is 114 cm³/mol. The smallest absolute Gasteiger partial charge is 0.161 e. The van der Waals surface area contributed by atoms with Gasteiger partial charge in [0.1, 0.15) is 11.4 Å². The first kappa shape index (κ1) is 21.0. The van der Waals surface area contributed by atoms with Crippen LogP contribution in [0.1, 0.15) is 48.2 Å². The van der Waals surface area contributed by atoms with Crippen LogP contribution in [0.25, 0.3) is 0 Å². The molecule has 162 valence electrons. The van der Waals surface area contributed by atoms with Crippen molar-refractivity contribution in [2.75, 3.05) is 33.9 Å². The van der Waals surface area contributed by atoms with Crippen LogP contribution in [0.2, 0.25) is 0 Å². The molecular weight excluding hydrogens is 382 g/mol. The Labute approximate surface area is 178 Å². The van der Waals surface area contributed by atoms with Gasteiger partial charge < -0.3 is 29.3 Å². The number of nitrogens with zero attached hydrogens (tertiary/aromatic N) is 1. The lowest BCUT2D eigenvalue weighted by Crippen LogP contribution is -2.51. The van der Waals surface area contributed by atoms with Gasteiger partial charge in [-0.25, -0.2) is 0 Å². The van der Waals surface area contributed by atoms with Gasteiger partial charge in [-0.05, 0) is 49.6 Å². The van der Waals surface area contributed by atoms with Gasteiger partial charge in [0.25, 0.3) is 0 Å². The lowest BCUT2D eigenvalue weighted by Gasteiger charge is -2.46. The molecule has 2 atom stereocenters. The van der Waals surface area contributed by atoms with Gasteiger partial charge in [0.05, 0.1) is 26.4 Å². The van der Waals surface area contributed by atoms with Crippen LogP contribution in [0, 0.1) is 6.92 Å². The number of likely N-dealkylation sites (tertiary alicyclic amines) is 1. The molecule has 0 bridgehead atoms. The van der Waals surface area contributed by atoms with Crippen molar-refractivity contribution in [2.45, 2.75) is 44.0 Å². The van der Waals surface area contributed by atoms with Gasteiger partial charge in [-0.1, -0.05) is 17.7 Å². The number of piperidine rings is 1. The lowest BCUT2D eigenvalue weighted by molar-refractivity contribution is -0.0588. The maximum absolute atomic E-state index is 10.7. The monoisotopic (exact) mass is 413 g/mol. The maximum atomic E-state index is 10.7. The fraction of sp³-hybridized carbons (Fsp3) is 0.500. The number of fused-ring (bicyclic) bond motifs is 1. The van der Waals surface area contributed by atoms with E-state index < -0.39 is 12.2 Å². The summed E-state index contributed by atoms with van der Waals surface area (Å²) < 4.78 is 17.0. The van der Waals surface area contributed by atoms with Crippen molar-refractivity contribution >= 4 is 0 Å². The van der Waals surface area contributed by atoms with Crippen LogP contribution in [0.4, 0.5) is 0 Å². The first-order valence-electron chi connectivity index (χ1n) is 10.5. The number of aryl methyl sites for hydroxylation is 1. The normalized spacial score (nSPS) is 21.6. The van der Waals surface area contributed by atoms with Gasteiger partial charge in [0, 0.05) is 31.6 Å². The van der Waals surface area contributed by atoms with E-state index in [0.717, 1.165) is 48.4 Å². The molecule has 6 nitrogen and oxygen atoms in total. The Kier molecular flexibility index (Phi) is 5.91. The van der Waals surface area contributed by atoms with Crippen molar-refractivity contribution in [3.8, 4) is 17.2 Å². The van der Waals surface area contributed by atoms with Crippen molar-refractivity contribution in [1.82, 2.24) is 4.90 Å². The molecule has 1 saturated heterocycles. The molecule has 1 spiro atoms. The number of ether oxygens (including phenoxy) is 3. The van der Waals surface area contributed by atoms with Crippen LogP contribution in [-0.4, -0.2) is 54.6 Å². The summed E-state index contributed by atoms with van der Waals surface area (Å²) in [4.78, 5) is 2.26. The van der Waals surface area contributed by atoms with Crippen molar-refractivity contribution in [2.24, 2.45) is 0 Å². The zero-order chi connectivity index (χ0) is 21.3. The van der Waals surface area contributed by atoms with E-state index in [1.807, 2.05) is 43.3 Å². The maximum Gasteiger partial charge on any atom is 0.161 e. The van der Waals surface area contributed by atoms with E-state index in [2.05, 4.69) is 4.90 Å². The average Bonchev–Trinajstić information content (AvgIpc) is 2.75. The Bertz CT molecular complexity index is 891. The zero-order valence-electron chi connectivity index (χ0n) is 17.9. The van der Waals surface area contributed by atoms with Gasteiger partial charge in [0.15, 0.2) is 11.5 Å². The second-order valence-corrected chi connectivity index (χ2v) is 8.48. The van der Waals surface area contributed by atoms with Crippen molar-refractivity contribution in [3.05, 3.63) is 53.1 Å². The van der Waals surface area contributed by atoms with E-state index in [0.29, 0.717) is 24.5 Å². The van der Waals surface area contributed by atoms with Gasteiger partial charge >= 0.3 is 0 Å². The van der Waals surface area contributed by atoms with Gasteiger partial charge in [0.2, 0.25) is 0 Å². The number of aliphatic hydroxyl groups is 2. The fourth-order valence-electron chi connectivity index (χ4n) is 4.62. The number of methoxy groups -OCH3 is 2. The van der Waals surface area contributed by atoms with E-state index in [9.17, 15) is 10.2 Å². The summed E-state index contributed by atoms with van der Waals surface area (Å²) in [5.74, 6) is 2.07. The minimum atomic E-state index is -0.611. The Morgan fingerprint density at radius 2 is 1.83 bits per heavy atom. The van der Waals surface area contributed by atoms with Crippen LogP contribution >= 0.6 is 0 Å². The molecular formula is C24H31NO5. The molecule has 2 heterocycles. The predicted octanol–water partition coefficient (Wildman–Crippen LogP) is 3.40. The molecule has 2 aliphatic heterocycles. The van der Waals surface area contributed by atoms with Crippen LogP contribution < -0.4 is 14.2 Å².